The van der Waals surface area contributed by atoms with Gasteiger partial charge in [-0.05, 0) is 69.2 Å². The van der Waals surface area contributed by atoms with Gasteiger partial charge in [0, 0.05) is 53.9 Å². The number of benzene rings is 3. The highest BCUT2D eigenvalue weighted by molar-refractivity contribution is 5.94. The van der Waals surface area contributed by atoms with Crippen LogP contribution in [-0.4, -0.2) is 31.8 Å². The lowest BCUT2D eigenvalue weighted by atomic mass is 10.0. The first-order chi connectivity index (χ1) is 22.1. The average molecular weight is 619 g/mol. The largest absolute Gasteiger partial charge is 0.491 e. The summed E-state index contributed by atoms with van der Waals surface area (Å²) in [5.74, 6) is 0.754. The molecule has 0 saturated carbocycles. The maximum Gasteiger partial charge on any atom is 0.200 e. The summed E-state index contributed by atoms with van der Waals surface area (Å²) < 4.78 is 29.2. The molecule has 0 bridgehead atoms. The molecule has 6 rings (SSSR count). The highest BCUT2D eigenvalue weighted by Crippen LogP contribution is 2.34. The van der Waals surface area contributed by atoms with Crippen LogP contribution in [-0.2, 0) is 6.54 Å². The normalized spacial score (nSPS) is 11.6. The number of anilines is 2. The van der Waals surface area contributed by atoms with Gasteiger partial charge in [0.25, 0.3) is 0 Å². The number of pyridine rings is 3. The molecule has 46 heavy (non-hydrogen) atoms. The lowest BCUT2D eigenvalue weighted by Crippen LogP contribution is -2.27. The van der Waals surface area contributed by atoms with Gasteiger partial charge in [-0.15, -0.1) is 0 Å². The SMILES string of the molecule is CCCn1cc(-c2ccc(C)cc2)c(=O)c2c(Nc3ccc(Oc4ccnc5cc(OCC(C)(C)O)ccc45)c(F)c3)nccc21. The van der Waals surface area contributed by atoms with Crippen LogP contribution in [0.25, 0.3) is 32.9 Å². The lowest BCUT2D eigenvalue weighted by molar-refractivity contribution is 0.0285. The number of aliphatic hydroxyl groups is 1. The van der Waals surface area contributed by atoms with E-state index in [2.05, 4.69) is 26.8 Å². The van der Waals surface area contributed by atoms with E-state index in [9.17, 15) is 9.90 Å². The van der Waals surface area contributed by atoms with Gasteiger partial charge in [-0.1, -0.05) is 36.8 Å². The quantitative estimate of drug-likeness (QED) is 0.160. The average Bonchev–Trinajstić information content (AvgIpc) is 3.03. The molecule has 0 aliphatic carbocycles. The van der Waals surface area contributed by atoms with Crippen molar-refractivity contribution in [2.45, 2.75) is 46.3 Å². The zero-order valence-corrected chi connectivity index (χ0v) is 26.2. The van der Waals surface area contributed by atoms with Gasteiger partial charge in [-0.25, -0.2) is 9.37 Å². The predicted octanol–water partition coefficient (Wildman–Crippen LogP) is 8.15. The Kier molecular flexibility index (Phi) is 8.42. The number of hydrogen-bond donors (Lipinski definition) is 2. The van der Waals surface area contributed by atoms with E-state index in [1.807, 2.05) is 43.5 Å². The van der Waals surface area contributed by atoms with Gasteiger partial charge in [-0.2, -0.15) is 0 Å². The van der Waals surface area contributed by atoms with E-state index in [1.54, 1.807) is 56.6 Å². The van der Waals surface area contributed by atoms with Gasteiger partial charge < -0.3 is 24.5 Å². The highest BCUT2D eigenvalue weighted by atomic mass is 19.1. The molecule has 0 fully saturated rings. The third-order valence-electron chi connectivity index (χ3n) is 7.50. The van der Waals surface area contributed by atoms with Crippen LogP contribution in [0.15, 0.2) is 96.2 Å². The molecule has 0 saturated heterocycles. The first-order valence-corrected chi connectivity index (χ1v) is 15.2. The maximum absolute atomic E-state index is 15.5. The van der Waals surface area contributed by atoms with Crippen molar-refractivity contribution in [1.29, 1.82) is 0 Å². The molecule has 0 radical (unpaired) electrons. The number of fused-ring (bicyclic) bond motifs is 2. The molecule has 3 aromatic carbocycles. The number of nitrogens with zero attached hydrogens (tertiary/aromatic N) is 3. The fourth-order valence-electron chi connectivity index (χ4n) is 5.25. The molecule has 0 amide bonds. The zero-order chi connectivity index (χ0) is 32.4. The third-order valence-corrected chi connectivity index (χ3v) is 7.50. The van der Waals surface area contributed by atoms with E-state index in [-0.39, 0.29) is 17.8 Å². The van der Waals surface area contributed by atoms with Crippen molar-refractivity contribution in [3.05, 3.63) is 113 Å². The second-order valence-corrected chi connectivity index (χ2v) is 11.9. The Labute approximate surface area is 266 Å². The van der Waals surface area contributed by atoms with Gasteiger partial charge in [0.05, 0.1) is 22.0 Å². The Morgan fingerprint density at radius 2 is 1.74 bits per heavy atom. The Morgan fingerprint density at radius 1 is 0.957 bits per heavy atom. The van der Waals surface area contributed by atoms with E-state index >= 15 is 4.39 Å². The first-order valence-electron chi connectivity index (χ1n) is 15.2. The molecule has 0 spiro atoms. The molecule has 0 aliphatic heterocycles. The highest BCUT2D eigenvalue weighted by Gasteiger charge is 2.17. The van der Waals surface area contributed by atoms with Crippen molar-refractivity contribution in [3.63, 3.8) is 0 Å². The van der Waals surface area contributed by atoms with E-state index in [4.69, 9.17) is 9.47 Å². The van der Waals surface area contributed by atoms with Crippen molar-refractivity contribution in [2.24, 2.45) is 0 Å². The smallest absolute Gasteiger partial charge is 0.200 e. The summed E-state index contributed by atoms with van der Waals surface area (Å²) in [4.78, 5) is 22.8. The molecule has 234 valence electrons. The van der Waals surface area contributed by atoms with Crippen molar-refractivity contribution in [2.75, 3.05) is 11.9 Å². The number of aromatic nitrogens is 3. The molecular formula is C37H35FN4O4. The van der Waals surface area contributed by atoms with Crippen LogP contribution < -0.4 is 20.2 Å². The van der Waals surface area contributed by atoms with E-state index in [0.29, 0.717) is 44.9 Å². The van der Waals surface area contributed by atoms with E-state index in [1.165, 1.54) is 12.1 Å². The van der Waals surface area contributed by atoms with Crippen molar-refractivity contribution < 1.29 is 19.0 Å². The number of ether oxygens (including phenoxy) is 2. The van der Waals surface area contributed by atoms with Crippen molar-refractivity contribution in [1.82, 2.24) is 14.5 Å². The standard InChI is InChI=1S/C37H35FN4O4/c1-5-18-42-21-28(24-8-6-23(2)7-9-24)35(43)34-31(42)14-16-40-36(34)41-25-10-13-33(29(38)19-25)46-32-15-17-39-30-20-26(11-12-27(30)32)45-22-37(3,4)44/h6-17,19-21,44H,5,18,22H2,1-4H3,(H,40,41). The number of aryl methyl sites for hydroxylation is 2. The second-order valence-electron chi connectivity index (χ2n) is 11.9. The summed E-state index contributed by atoms with van der Waals surface area (Å²) >= 11 is 0. The van der Waals surface area contributed by atoms with Crippen LogP contribution in [0.4, 0.5) is 15.9 Å². The fraction of sp³-hybridized carbons (Fsp3) is 0.216. The maximum atomic E-state index is 15.5. The Hall–Kier alpha value is -5.28. The van der Waals surface area contributed by atoms with Gasteiger partial charge in [-0.3, -0.25) is 9.78 Å². The van der Waals surface area contributed by atoms with Crippen LogP contribution in [0.1, 0.15) is 32.8 Å². The zero-order valence-electron chi connectivity index (χ0n) is 26.2. The summed E-state index contributed by atoms with van der Waals surface area (Å²) in [5, 5.41) is 14.2. The predicted molar refractivity (Wildman–Crippen MR) is 180 cm³/mol. The van der Waals surface area contributed by atoms with Crippen molar-refractivity contribution >= 4 is 33.3 Å². The van der Waals surface area contributed by atoms with Crippen LogP contribution in [0.5, 0.6) is 17.2 Å². The summed E-state index contributed by atoms with van der Waals surface area (Å²) in [6.45, 7) is 8.27. The van der Waals surface area contributed by atoms with Gasteiger partial charge in [0.1, 0.15) is 23.9 Å². The lowest BCUT2D eigenvalue weighted by Gasteiger charge is -2.18. The van der Waals surface area contributed by atoms with E-state index < -0.39 is 11.4 Å². The Bertz CT molecular complexity index is 2100. The molecule has 0 atom stereocenters. The number of nitrogens with one attached hydrogen (secondary N) is 1. The minimum Gasteiger partial charge on any atom is -0.491 e. The Balaban J connectivity index is 1.30. The van der Waals surface area contributed by atoms with Gasteiger partial charge >= 0.3 is 0 Å². The summed E-state index contributed by atoms with van der Waals surface area (Å²) in [6.07, 6.45) is 6.01. The van der Waals surface area contributed by atoms with Crippen molar-refractivity contribution in [3.8, 4) is 28.4 Å². The van der Waals surface area contributed by atoms with Crippen LogP contribution in [0.2, 0.25) is 0 Å². The van der Waals surface area contributed by atoms with E-state index in [0.717, 1.165) is 29.6 Å². The molecule has 9 heteroatoms. The summed E-state index contributed by atoms with van der Waals surface area (Å²) in [5.41, 5.74) is 3.15. The van der Waals surface area contributed by atoms with Crippen LogP contribution in [0, 0.1) is 12.7 Å². The Morgan fingerprint density at radius 3 is 2.48 bits per heavy atom. The molecule has 3 aromatic heterocycles. The molecular weight excluding hydrogens is 583 g/mol. The summed E-state index contributed by atoms with van der Waals surface area (Å²) in [6, 6.07) is 21.2. The monoisotopic (exact) mass is 618 g/mol. The minimum atomic E-state index is -0.978. The van der Waals surface area contributed by atoms with Gasteiger partial charge in [0.15, 0.2) is 11.6 Å². The number of rotatable bonds is 10. The topological polar surface area (TPSA) is 98.5 Å². The second kappa shape index (κ2) is 12.6. The molecule has 0 aliphatic rings. The fourth-order valence-corrected chi connectivity index (χ4v) is 5.25. The number of hydrogen-bond acceptors (Lipinski definition) is 7. The van der Waals surface area contributed by atoms with Crippen LogP contribution in [0.3, 0.4) is 0 Å². The molecule has 3 heterocycles. The third kappa shape index (κ3) is 6.55. The first kappa shape index (κ1) is 30.7. The number of halogens is 1. The molecule has 0 unspecified atom stereocenters. The van der Waals surface area contributed by atoms with Crippen LogP contribution >= 0.6 is 0 Å². The molecule has 6 aromatic rings. The summed E-state index contributed by atoms with van der Waals surface area (Å²) in [7, 11) is 0. The minimum absolute atomic E-state index is 0.0262. The molecule has 2 N–H and O–H groups in total. The molecule has 8 nitrogen and oxygen atoms in total. The van der Waals surface area contributed by atoms with Gasteiger partial charge in [0.2, 0.25) is 5.43 Å².